The number of aromatic nitrogens is 2. The number of hydrogen-bond acceptors (Lipinski definition) is 4. The highest BCUT2D eigenvalue weighted by atomic mass is 16.3. The van der Waals surface area contributed by atoms with Crippen molar-refractivity contribution in [1.29, 1.82) is 0 Å². The van der Waals surface area contributed by atoms with Crippen molar-refractivity contribution in [1.82, 2.24) is 14.9 Å². The van der Waals surface area contributed by atoms with Crippen LogP contribution in [-0.4, -0.2) is 22.6 Å². The molecule has 0 bridgehead atoms. The van der Waals surface area contributed by atoms with Crippen molar-refractivity contribution < 1.29 is 4.42 Å². The normalized spacial score (nSPS) is 12.8. The topological polar surface area (TPSA) is 69.0 Å². The van der Waals surface area contributed by atoms with Crippen LogP contribution in [0.25, 0.3) is 0 Å². The molecule has 98 valence electrons. The summed E-state index contributed by atoms with van der Waals surface area (Å²) in [5.74, 6) is 1.84. The maximum absolute atomic E-state index is 5.50. The lowest BCUT2D eigenvalue weighted by atomic mass is 10.2. The summed E-state index contributed by atoms with van der Waals surface area (Å²) in [7, 11) is 1.99. The third-order valence-electron chi connectivity index (χ3n) is 2.92. The monoisotopic (exact) mass is 248 g/mol. The Bertz CT molecular complexity index is 449. The molecule has 0 radical (unpaired) electrons. The molecule has 3 N–H and O–H groups in total. The molecule has 0 amide bonds. The highest BCUT2D eigenvalue weighted by molar-refractivity contribution is 5.15. The molecule has 0 saturated carbocycles. The Morgan fingerprint density at radius 1 is 1.50 bits per heavy atom. The van der Waals surface area contributed by atoms with Gasteiger partial charge in [-0.15, -0.1) is 0 Å². The van der Waals surface area contributed by atoms with Crippen LogP contribution in [0, 0.1) is 0 Å². The number of imidazole rings is 1. The highest BCUT2D eigenvalue weighted by Crippen LogP contribution is 2.20. The van der Waals surface area contributed by atoms with Crippen molar-refractivity contribution >= 4 is 0 Å². The first-order valence-electron chi connectivity index (χ1n) is 6.27. The van der Waals surface area contributed by atoms with Crippen LogP contribution in [0.4, 0.5) is 0 Å². The molecule has 0 aliphatic rings. The van der Waals surface area contributed by atoms with Gasteiger partial charge < -0.3 is 20.0 Å². The van der Waals surface area contributed by atoms with Gasteiger partial charge in [0.05, 0.1) is 6.26 Å². The molecule has 2 aromatic heterocycles. The van der Waals surface area contributed by atoms with Crippen LogP contribution in [-0.2, 0) is 7.05 Å². The van der Waals surface area contributed by atoms with Crippen LogP contribution in [0.1, 0.15) is 30.5 Å². The Morgan fingerprint density at radius 2 is 2.39 bits per heavy atom. The summed E-state index contributed by atoms with van der Waals surface area (Å²) in [6.07, 6.45) is 7.50. The molecule has 1 atom stereocenters. The number of unbranched alkanes of at least 4 members (excludes halogenated alkanes) is 1. The fraction of sp³-hybridized carbons (Fsp3) is 0.462. The molecule has 0 fully saturated rings. The Morgan fingerprint density at radius 3 is 3.00 bits per heavy atom. The molecule has 1 unspecified atom stereocenters. The minimum absolute atomic E-state index is 0.00206. The highest BCUT2D eigenvalue weighted by Gasteiger charge is 2.19. The summed E-state index contributed by atoms with van der Waals surface area (Å²) in [5, 5.41) is 3.47. The maximum Gasteiger partial charge on any atom is 0.133 e. The van der Waals surface area contributed by atoms with E-state index < -0.39 is 0 Å². The summed E-state index contributed by atoms with van der Waals surface area (Å²) in [5.41, 5.74) is 5.50. The molecule has 0 aliphatic heterocycles. The van der Waals surface area contributed by atoms with Gasteiger partial charge in [-0.1, -0.05) is 0 Å². The first-order chi connectivity index (χ1) is 8.83. The predicted molar refractivity (Wildman–Crippen MR) is 70.1 cm³/mol. The van der Waals surface area contributed by atoms with Gasteiger partial charge in [-0.05, 0) is 38.1 Å². The average Bonchev–Trinajstić information content (AvgIpc) is 3.01. The molecule has 0 spiro atoms. The second-order valence-corrected chi connectivity index (χ2v) is 4.29. The van der Waals surface area contributed by atoms with Crippen LogP contribution in [0.5, 0.6) is 0 Å². The molecule has 0 saturated heterocycles. The fourth-order valence-electron chi connectivity index (χ4n) is 1.95. The van der Waals surface area contributed by atoms with Crippen LogP contribution in [0.3, 0.4) is 0 Å². The van der Waals surface area contributed by atoms with E-state index in [1.54, 1.807) is 12.5 Å². The van der Waals surface area contributed by atoms with Gasteiger partial charge >= 0.3 is 0 Å². The third-order valence-corrected chi connectivity index (χ3v) is 2.92. The Labute approximate surface area is 107 Å². The van der Waals surface area contributed by atoms with Crippen LogP contribution in [0.15, 0.2) is 35.2 Å². The largest absolute Gasteiger partial charge is 0.467 e. The molecule has 0 aliphatic carbocycles. The Hall–Kier alpha value is -1.59. The lowest BCUT2D eigenvalue weighted by Crippen LogP contribution is -2.26. The molecule has 2 aromatic rings. The number of aryl methyl sites for hydroxylation is 1. The molecule has 2 rings (SSSR count). The van der Waals surface area contributed by atoms with E-state index in [0.717, 1.165) is 37.5 Å². The lowest BCUT2D eigenvalue weighted by molar-refractivity contribution is 0.427. The summed E-state index contributed by atoms with van der Waals surface area (Å²) in [4.78, 5) is 4.39. The van der Waals surface area contributed by atoms with Crippen LogP contribution in [0.2, 0.25) is 0 Å². The Balaban J connectivity index is 2.07. The van der Waals surface area contributed by atoms with Crippen molar-refractivity contribution in [2.45, 2.75) is 18.9 Å². The minimum Gasteiger partial charge on any atom is -0.467 e. The fourth-order valence-corrected chi connectivity index (χ4v) is 1.95. The van der Waals surface area contributed by atoms with E-state index in [2.05, 4.69) is 10.3 Å². The van der Waals surface area contributed by atoms with Crippen LogP contribution < -0.4 is 11.1 Å². The van der Waals surface area contributed by atoms with E-state index >= 15 is 0 Å². The van der Waals surface area contributed by atoms with Gasteiger partial charge in [0.15, 0.2) is 0 Å². The first kappa shape index (κ1) is 12.9. The van der Waals surface area contributed by atoms with Gasteiger partial charge in [0, 0.05) is 19.4 Å². The van der Waals surface area contributed by atoms with E-state index in [0.29, 0.717) is 0 Å². The number of nitrogens with two attached hydrogens (primary N) is 1. The molecular formula is C13H20N4O. The smallest absolute Gasteiger partial charge is 0.133 e. The average molecular weight is 248 g/mol. The third kappa shape index (κ3) is 3.00. The molecule has 5 heteroatoms. The van der Waals surface area contributed by atoms with Crippen molar-refractivity contribution in [3.8, 4) is 0 Å². The van der Waals surface area contributed by atoms with E-state index in [4.69, 9.17) is 10.2 Å². The second-order valence-electron chi connectivity index (χ2n) is 4.29. The number of furan rings is 1. The van der Waals surface area contributed by atoms with Gasteiger partial charge in [-0.2, -0.15) is 0 Å². The zero-order valence-electron chi connectivity index (χ0n) is 10.7. The molecule has 5 nitrogen and oxygen atoms in total. The molecular weight excluding hydrogens is 228 g/mol. The first-order valence-corrected chi connectivity index (χ1v) is 6.27. The van der Waals surface area contributed by atoms with Crippen LogP contribution >= 0.6 is 0 Å². The molecule has 18 heavy (non-hydrogen) atoms. The van der Waals surface area contributed by atoms with Gasteiger partial charge in [-0.25, -0.2) is 4.98 Å². The van der Waals surface area contributed by atoms with Crippen molar-refractivity contribution in [2.75, 3.05) is 13.1 Å². The predicted octanol–water partition coefficient (Wildman–Crippen LogP) is 1.43. The van der Waals surface area contributed by atoms with Gasteiger partial charge in [0.1, 0.15) is 17.6 Å². The summed E-state index contributed by atoms with van der Waals surface area (Å²) in [6, 6.07) is 3.86. The standard InChI is InChI=1S/C13H20N4O/c1-17-9-8-16-13(17)12(11-5-4-10-18-11)15-7-3-2-6-14/h4-5,8-10,12,15H,2-3,6-7,14H2,1H3. The van der Waals surface area contributed by atoms with E-state index in [9.17, 15) is 0 Å². The van der Waals surface area contributed by atoms with Crippen molar-refractivity contribution in [3.63, 3.8) is 0 Å². The zero-order chi connectivity index (χ0) is 12.8. The summed E-state index contributed by atoms with van der Waals surface area (Å²) >= 11 is 0. The SMILES string of the molecule is Cn1ccnc1C(NCCCCN)c1ccco1. The summed E-state index contributed by atoms with van der Waals surface area (Å²) in [6.45, 7) is 1.63. The number of hydrogen-bond donors (Lipinski definition) is 2. The second kappa shape index (κ2) is 6.37. The van der Waals surface area contributed by atoms with E-state index in [1.165, 1.54) is 0 Å². The molecule has 0 aromatic carbocycles. The van der Waals surface area contributed by atoms with E-state index in [1.807, 2.05) is 29.9 Å². The number of rotatable bonds is 7. The minimum atomic E-state index is -0.00206. The number of nitrogens with zero attached hydrogens (tertiary/aromatic N) is 2. The van der Waals surface area contributed by atoms with Crippen molar-refractivity contribution in [3.05, 3.63) is 42.4 Å². The quantitative estimate of drug-likeness (QED) is 0.727. The number of nitrogens with one attached hydrogen (secondary N) is 1. The van der Waals surface area contributed by atoms with Gasteiger partial charge in [-0.3, -0.25) is 0 Å². The molecule has 2 heterocycles. The Kier molecular flexibility index (Phi) is 4.55. The van der Waals surface area contributed by atoms with Crippen molar-refractivity contribution in [2.24, 2.45) is 12.8 Å². The van der Waals surface area contributed by atoms with Gasteiger partial charge in [0.2, 0.25) is 0 Å². The maximum atomic E-state index is 5.50. The summed E-state index contributed by atoms with van der Waals surface area (Å²) < 4.78 is 7.49. The van der Waals surface area contributed by atoms with E-state index in [-0.39, 0.29) is 6.04 Å². The lowest BCUT2D eigenvalue weighted by Gasteiger charge is -2.16. The zero-order valence-corrected chi connectivity index (χ0v) is 10.7. The van der Waals surface area contributed by atoms with Gasteiger partial charge in [0.25, 0.3) is 0 Å².